The fourth-order valence-corrected chi connectivity index (χ4v) is 7.27. The molecule has 2 amide bonds. The van der Waals surface area contributed by atoms with Crippen LogP contribution in [0.5, 0.6) is 0 Å². The lowest BCUT2D eigenvalue weighted by atomic mass is 9.85. The fourth-order valence-electron chi connectivity index (χ4n) is 7.27. The van der Waals surface area contributed by atoms with Gasteiger partial charge in [-0.05, 0) is 54.4 Å². The number of ether oxygens (including phenoxy) is 2. The number of pyridine rings is 1. The van der Waals surface area contributed by atoms with Gasteiger partial charge in [-0.2, -0.15) is 0 Å². The molecule has 2 saturated carbocycles. The van der Waals surface area contributed by atoms with Crippen LogP contribution in [0.25, 0.3) is 0 Å². The first kappa shape index (κ1) is 26.5. The first-order chi connectivity index (χ1) is 18.8. The van der Waals surface area contributed by atoms with Crippen molar-refractivity contribution in [3.05, 3.63) is 59.9 Å². The molecule has 2 bridgehead atoms. The highest BCUT2D eigenvalue weighted by atomic mass is 16.7. The minimum atomic E-state index is -0.812. The van der Waals surface area contributed by atoms with Crippen molar-refractivity contribution in [1.29, 1.82) is 0 Å². The van der Waals surface area contributed by atoms with Crippen LogP contribution in [0.3, 0.4) is 0 Å². The average Bonchev–Trinajstić information content (AvgIpc) is 3.47. The number of rotatable bonds is 6. The van der Waals surface area contributed by atoms with Gasteiger partial charge in [-0.25, -0.2) is 0 Å². The van der Waals surface area contributed by atoms with Crippen LogP contribution in [-0.4, -0.2) is 42.3 Å². The first-order valence-corrected chi connectivity index (χ1v) is 14.7. The van der Waals surface area contributed by atoms with Gasteiger partial charge in [0.05, 0.1) is 13.2 Å². The molecule has 1 N–H and O–H groups in total. The minimum absolute atomic E-state index is 0.0154. The average molecular weight is 532 g/mol. The van der Waals surface area contributed by atoms with Crippen LogP contribution in [0.15, 0.2) is 48.8 Å². The lowest BCUT2D eigenvalue weighted by Gasteiger charge is -2.37. The molecule has 0 spiro atoms. The molecular weight excluding hydrogens is 490 g/mol. The standard InChI is InChI=1S/C32H41N3O4/c1-32(2,3)22-11-13-24(14-12-22)35(30(37)27-21-16-25-26(27)19-39-31(25)38-18-21)28(20-8-7-15-33-17-20)29(36)34-23-9-5-4-6-10-23/h7-8,11-15,17,21,23,25-28,31H,4-6,9-10,16,18-19H2,1-3H3,(H,34,36)/t21?,25?,26-,27+,28?,31+/m0/s1. The lowest BCUT2D eigenvalue weighted by molar-refractivity contribution is -0.167. The molecule has 1 aromatic carbocycles. The Morgan fingerprint density at radius 2 is 1.74 bits per heavy atom. The topological polar surface area (TPSA) is 80.8 Å². The van der Waals surface area contributed by atoms with Crippen LogP contribution in [0.4, 0.5) is 5.69 Å². The van der Waals surface area contributed by atoms with E-state index < -0.39 is 6.04 Å². The van der Waals surface area contributed by atoms with Crippen molar-refractivity contribution in [2.75, 3.05) is 18.1 Å². The van der Waals surface area contributed by atoms with Crippen molar-refractivity contribution in [3.63, 3.8) is 0 Å². The largest absolute Gasteiger partial charge is 0.352 e. The third-order valence-electron chi connectivity index (χ3n) is 9.36. The highest BCUT2D eigenvalue weighted by Gasteiger charge is 2.58. The molecule has 6 rings (SSSR count). The first-order valence-electron chi connectivity index (χ1n) is 14.7. The second-order valence-corrected chi connectivity index (χ2v) is 12.9. The van der Waals surface area contributed by atoms with E-state index in [1.165, 1.54) is 12.0 Å². The Morgan fingerprint density at radius 3 is 2.44 bits per heavy atom. The highest BCUT2D eigenvalue weighted by molar-refractivity contribution is 6.02. The van der Waals surface area contributed by atoms with Gasteiger partial charge in [0.2, 0.25) is 11.8 Å². The monoisotopic (exact) mass is 531 g/mol. The summed E-state index contributed by atoms with van der Waals surface area (Å²) in [6.45, 7) is 7.59. The maximum Gasteiger partial charge on any atom is 0.248 e. The Morgan fingerprint density at radius 1 is 1.00 bits per heavy atom. The van der Waals surface area contributed by atoms with E-state index in [0.717, 1.165) is 43.4 Å². The zero-order valence-electron chi connectivity index (χ0n) is 23.3. The molecule has 39 heavy (non-hydrogen) atoms. The molecule has 2 aliphatic heterocycles. The molecule has 4 fully saturated rings. The highest BCUT2D eigenvalue weighted by Crippen LogP contribution is 2.53. The van der Waals surface area contributed by atoms with E-state index in [-0.39, 0.29) is 53.2 Å². The molecule has 208 valence electrons. The SMILES string of the molecule is CC(C)(C)c1ccc(N(C(=O)[C@@H]2C3CO[C@@H]4OC[C@H]2C4C3)C(C(=O)NC2CCCCC2)c2cccnc2)cc1. The van der Waals surface area contributed by atoms with Gasteiger partial charge >= 0.3 is 0 Å². The molecular formula is C32H41N3O4. The summed E-state index contributed by atoms with van der Waals surface area (Å²) in [7, 11) is 0. The van der Waals surface area contributed by atoms with E-state index in [1.807, 2.05) is 24.3 Å². The Kier molecular flexibility index (Phi) is 7.23. The van der Waals surface area contributed by atoms with E-state index in [0.29, 0.717) is 13.2 Å². The Hall–Kier alpha value is -2.77. The molecule has 1 aromatic heterocycles. The van der Waals surface area contributed by atoms with Crippen molar-refractivity contribution in [1.82, 2.24) is 10.3 Å². The summed E-state index contributed by atoms with van der Waals surface area (Å²) >= 11 is 0. The molecule has 6 atom stereocenters. The van der Waals surface area contributed by atoms with Crippen molar-refractivity contribution >= 4 is 17.5 Å². The Balaban J connectivity index is 1.41. The van der Waals surface area contributed by atoms with E-state index >= 15 is 0 Å². The van der Waals surface area contributed by atoms with Gasteiger partial charge in [-0.1, -0.05) is 58.2 Å². The predicted molar refractivity (Wildman–Crippen MR) is 149 cm³/mol. The number of fused-ring (bicyclic) bond motifs is 1. The molecule has 2 aliphatic carbocycles. The predicted octanol–water partition coefficient (Wildman–Crippen LogP) is 5.16. The van der Waals surface area contributed by atoms with Crippen LogP contribution in [0.2, 0.25) is 0 Å². The third-order valence-corrected chi connectivity index (χ3v) is 9.36. The van der Waals surface area contributed by atoms with Crippen LogP contribution >= 0.6 is 0 Å². The van der Waals surface area contributed by atoms with Gasteiger partial charge in [0.25, 0.3) is 0 Å². The lowest BCUT2D eigenvalue weighted by Crippen LogP contribution is -2.50. The number of hydrogen-bond acceptors (Lipinski definition) is 5. The van der Waals surface area contributed by atoms with Crippen molar-refractivity contribution in [2.24, 2.45) is 23.7 Å². The second kappa shape index (κ2) is 10.7. The maximum absolute atomic E-state index is 14.8. The number of aromatic nitrogens is 1. The Labute approximate surface area is 231 Å². The smallest absolute Gasteiger partial charge is 0.248 e. The second-order valence-electron chi connectivity index (χ2n) is 12.9. The molecule has 7 heteroatoms. The third kappa shape index (κ3) is 5.11. The summed E-state index contributed by atoms with van der Waals surface area (Å²) < 4.78 is 11.9. The van der Waals surface area contributed by atoms with E-state index in [9.17, 15) is 9.59 Å². The summed E-state index contributed by atoms with van der Waals surface area (Å²) in [5.74, 6) is 0.101. The van der Waals surface area contributed by atoms with Gasteiger partial charge in [0.15, 0.2) is 6.29 Å². The summed E-state index contributed by atoms with van der Waals surface area (Å²) in [4.78, 5) is 35.1. The van der Waals surface area contributed by atoms with Gasteiger partial charge in [0, 0.05) is 47.4 Å². The van der Waals surface area contributed by atoms with Crippen molar-refractivity contribution < 1.29 is 19.1 Å². The summed E-state index contributed by atoms with van der Waals surface area (Å²) in [6, 6.07) is 11.2. The molecule has 2 saturated heterocycles. The summed E-state index contributed by atoms with van der Waals surface area (Å²) in [5.41, 5.74) is 2.61. The zero-order chi connectivity index (χ0) is 27.1. The van der Waals surface area contributed by atoms with Crippen molar-refractivity contribution in [3.8, 4) is 0 Å². The number of amides is 2. The van der Waals surface area contributed by atoms with E-state index in [1.54, 1.807) is 17.3 Å². The van der Waals surface area contributed by atoms with Gasteiger partial charge in [-0.15, -0.1) is 0 Å². The summed E-state index contributed by atoms with van der Waals surface area (Å²) in [6.07, 6.45) is 9.56. The minimum Gasteiger partial charge on any atom is -0.352 e. The number of nitrogens with one attached hydrogen (secondary N) is 1. The van der Waals surface area contributed by atoms with Gasteiger partial charge in [-0.3, -0.25) is 19.5 Å². The molecule has 7 nitrogen and oxygen atoms in total. The number of hydrogen-bond donors (Lipinski definition) is 1. The number of benzene rings is 1. The molecule has 0 radical (unpaired) electrons. The van der Waals surface area contributed by atoms with E-state index in [2.05, 4.69) is 43.2 Å². The van der Waals surface area contributed by atoms with Gasteiger partial charge < -0.3 is 14.8 Å². The van der Waals surface area contributed by atoms with Gasteiger partial charge in [0.1, 0.15) is 6.04 Å². The zero-order valence-corrected chi connectivity index (χ0v) is 23.3. The number of anilines is 1. The number of carbonyl (C=O) groups is 2. The summed E-state index contributed by atoms with van der Waals surface area (Å²) in [5, 5.41) is 3.32. The van der Waals surface area contributed by atoms with E-state index in [4.69, 9.17) is 9.47 Å². The van der Waals surface area contributed by atoms with Crippen LogP contribution in [0.1, 0.15) is 76.5 Å². The van der Waals surface area contributed by atoms with Crippen LogP contribution in [-0.2, 0) is 24.5 Å². The van der Waals surface area contributed by atoms with Crippen LogP contribution < -0.4 is 10.2 Å². The quantitative estimate of drug-likeness (QED) is 0.557. The molecule has 4 aliphatic rings. The molecule has 2 aromatic rings. The number of nitrogens with zero attached hydrogens (tertiary/aromatic N) is 2. The maximum atomic E-state index is 14.8. The fraction of sp³-hybridized carbons (Fsp3) is 0.594. The molecule has 3 heterocycles. The Bertz CT molecular complexity index is 1170. The molecule has 3 unspecified atom stereocenters. The normalized spacial score (nSPS) is 29.2. The van der Waals surface area contributed by atoms with Crippen LogP contribution in [0, 0.1) is 23.7 Å². The van der Waals surface area contributed by atoms with Crippen molar-refractivity contribution in [2.45, 2.75) is 83.1 Å². The number of carbonyl (C=O) groups excluding carboxylic acids is 2.